The van der Waals surface area contributed by atoms with Gasteiger partial charge >= 0.3 is 10.1 Å². The maximum Gasteiger partial charge on any atom is 0.339 e. The summed E-state index contributed by atoms with van der Waals surface area (Å²) in [4.78, 5) is 4.40. The van der Waals surface area contributed by atoms with E-state index in [1.165, 1.54) is 24.3 Å². The molecule has 0 fully saturated rings. The lowest BCUT2D eigenvalue weighted by Gasteiger charge is -2.07. The van der Waals surface area contributed by atoms with Gasteiger partial charge < -0.3 is 13.7 Å². The predicted octanol–water partition coefficient (Wildman–Crippen LogP) is 4.59. The van der Waals surface area contributed by atoms with Crippen LogP contribution in [0.25, 0.3) is 0 Å². The number of aliphatic imine (C=N–C) groups is 1. The Labute approximate surface area is 167 Å². The average molecular weight is 416 g/mol. The molecule has 0 amide bonds. The summed E-state index contributed by atoms with van der Waals surface area (Å²) < 4.78 is 40.3. The van der Waals surface area contributed by atoms with Gasteiger partial charge in [-0.2, -0.15) is 8.42 Å². The van der Waals surface area contributed by atoms with Crippen molar-refractivity contribution in [2.75, 3.05) is 6.79 Å². The lowest BCUT2D eigenvalue weighted by molar-refractivity contribution is 0.174. The van der Waals surface area contributed by atoms with Crippen LogP contribution in [0.5, 0.6) is 17.2 Å². The van der Waals surface area contributed by atoms with Crippen molar-refractivity contribution in [2.24, 2.45) is 4.99 Å². The van der Waals surface area contributed by atoms with E-state index in [0.717, 1.165) is 5.56 Å². The molecule has 0 bridgehead atoms. The fraction of sp³-hybridized carbons (Fsp3) is 0.0500. The highest BCUT2D eigenvalue weighted by atomic mass is 35.5. The van der Waals surface area contributed by atoms with Gasteiger partial charge in [-0.1, -0.05) is 11.6 Å². The van der Waals surface area contributed by atoms with E-state index in [9.17, 15) is 8.42 Å². The third-order valence-corrected chi connectivity index (χ3v) is 5.42. The molecule has 0 unspecified atom stereocenters. The molecule has 0 atom stereocenters. The SMILES string of the molecule is O=S(=O)(Oc1ccc(N=Cc2ccc3c(c2)OCO3)cc1)c1ccc(Cl)cc1. The van der Waals surface area contributed by atoms with Crippen molar-refractivity contribution in [1.82, 2.24) is 0 Å². The summed E-state index contributed by atoms with van der Waals surface area (Å²) in [5, 5.41) is 0.448. The molecule has 1 aliphatic rings. The number of ether oxygens (including phenoxy) is 2. The Morgan fingerprint density at radius 3 is 2.39 bits per heavy atom. The summed E-state index contributed by atoms with van der Waals surface area (Å²) in [6, 6.07) is 17.7. The molecule has 3 aromatic rings. The molecule has 1 heterocycles. The zero-order valence-electron chi connectivity index (χ0n) is 14.4. The molecule has 0 aromatic heterocycles. The number of benzene rings is 3. The molecule has 3 aromatic carbocycles. The highest BCUT2D eigenvalue weighted by Crippen LogP contribution is 2.32. The first-order valence-corrected chi connectivity index (χ1v) is 10.0. The van der Waals surface area contributed by atoms with Gasteiger partial charge in [0, 0.05) is 11.2 Å². The number of halogens is 1. The summed E-state index contributed by atoms with van der Waals surface area (Å²) in [5.41, 5.74) is 1.50. The van der Waals surface area contributed by atoms with Gasteiger partial charge in [0.05, 0.1) is 5.69 Å². The molecular weight excluding hydrogens is 402 g/mol. The van der Waals surface area contributed by atoms with Crippen LogP contribution in [-0.4, -0.2) is 21.4 Å². The van der Waals surface area contributed by atoms with Crippen molar-refractivity contribution in [2.45, 2.75) is 4.90 Å². The quantitative estimate of drug-likeness (QED) is 0.450. The van der Waals surface area contributed by atoms with Crippen molar-refractivity contribution in [3.8, 4) is 17.2 Å². The Morgan fingerprint density at radius 1 is 0.929 bits per heavy atom. The first-order chi connectivity index (χ1) is 13.5. The molecule has 0 spiro atoms. The molecule has 8 heteroatoms. The molecule has 142 valence electrons. The van der Waals surface area contributed by atoms with Crippen molar-refractivity contribution in [3.05, 3.63) is 77.3 Å². The topological polar surface area (TPSA) is 74.2 Å². The zero-order chi connectivity index (χ0) is 19.6. The minimum atomic E-state index is -3.93. The van der Waals surface area contributed by atoms with E-state index >= 15 is 0 Å². The average Bonchev–Trinajstić information content (AvgIpc) is 3.15. The molecule has 0 aliphatic carbocycles. The van der Waals surface area contributed by atoms with Gasteiger partial charge in [-0.15, -0.1) is 0 Å². The monoisotopic (exact) mass is 415 g/mol. The van der Waals surface area contributed by atoms with Crippen LogP contribution in [0, 0.1) is 0 Å². The Morgan fingerprint density at radius 2 is 1.64 bits per heavy atom. The maximum absolute atomic E-state index is 12.3. The smallest absolute Gasteiger partial charge is 0.339 e. The third-order valence-electron chi connectivity index (χ3n) is 3.90. The fourth-order valence-electron chi connectivity index (χ4n) is 2.51. The van der Waals surface area contributed by atoms with Crippen LogP contribution in [0.15, 0.2) is 76.6 Å². The molecule has 28 heavy (non-hydrogen) atoms. The third kappa shape index (κ3) is 4.11. The number of hydrogen-bond donors (Lipinski definition) is 0. The molecule has 0 radical (unpaired) electrons. The summed E-state index contributed by atoms with van der Waals surface area (Å²) >= 11 is 5.78. The number of fused-ring (bicyclic) bond motifs is 1. The van der Waals surface area contributed by atoms with E-state index in [0.29, 0.717) is 22.2 Å². The predicted molar refractivity (Wildman–Crippen MR) is 106 cm³/mol. The summed E-state index contributed by atoms with van der Waals surface area (Å²) in [5.74, 6) is 1.58. The lowest BCUT2D eigenvalue weighted by Crippen LogP contribution is -2.09. The molecule has 0 saturated carbocycles. The first kappa shape index (κ1) is 18.3. The Bertz CT molecular complexity index is 1130. The van der Waals surface area contributed by atoms with E-state index in [2.05, 4.69) is 4.99 Å². The second-order valence-electron chi connectivity index (χ2n) is 5.86. The fourth-order valence-corrected chi connectivity index (χ4v) is 3.56. The van der Waals surface area contributed by atoms with Gasteiger partial charge in [0.1, 0.15) is 10.6 Å². The number of nitrogens with zero attached hydrogens (tertiary/aromatic N) is 1. The number of hydrogen-bond acceptors (Lipinski definition) is 6. The van der Waals surface area contributed by atoms with Crippen molar-refractivity contribution in [3.63, 3.8) is 0 Å². The van der Waals surface area contributed by atoms with Crippen LogP contribution < -0.4 is 13.7 Å². The van der Waals surface area contributed by atoms with Crippen LogP contribution in [0.2, 0.25) is 5.02 Å². The van der Waals surface area contributed by atoms with Crippen molar-refractivity contribution < 1.29 is 22.1 Å². The molecule has 0 saturated heterocycles. The van der Waals surface area contributed by atoms with E-state index in [1.807, 2.05) is 18.2 Å². The van der Waals surface area contributed by atoms with Gasteiger partial charge in [0.15, 0.2) is 11.5 Å². The van der Waals surface area contributed by atoms with Gasteiger partial charge in [-0.25, -0.2) is 0 Å². The number of rotatable bonds is 5. The minimum absolute atomic E-state index is 0.0294. The van der Waals surface area contributed by atoms with E-state index in [-0.39, 0.29) is 17.4 Å². The minimum Gasteiger partial charge on any atom is -0.454 e. The highest BCUT2D eigenvalue weighted by Gasteiger charge is 2.16. The lowest BCUT2D eigenvalue weighted by atomic mass is 10.2. The largest absolute Gasteiger partial charge is 0.454 e. The summed E-state index contributed by atoms with van der Waals surface area (Å²) in [7, 11) is -3.93. The molecule has 1 aliphatic heterocycles. The van der Waals surface area contributed by atoms with E-state index in [1.54, 1.807) is 30.5 Å². The second-order valence-corrected chi connectivity index (χ2v) is 7.84. The van der Waals surface area contributed by atoms with Crippen molar-refractivity contribution in [1.29, 1.82) is 0 Å². The highest BCUT2D eigenvalue weighted by molar-refractivity contribution is 7.87. The molecule has 4 rings (SSSR count). The van der Waals surface area contributed by atoms with Gasteiger partial charge in [-0.3, -0.25) is 4.99 Å². The Hall–Kier alpha value is -3.03. The summed E-state index contributed by atoms with van der Waals surface area (Å²) in [6.45, 7) is 0.219. The van der Waals surface area contributed by atoms with Crippen molar-refractivity contribution >= 4 is 33.6 Å². The molecule has 0 N–H and O–H groups in total. The van der Waals surface area contributed by atoms with Crippen LogP contribution in [0.4, 0.5) is 5.69 Å². The van der Waals surface area contributed by atoms with Crippen LogP contribution in [0.1, 0.15) is 5.56 Å². The van der Waals surface area contributed by atoms with Gasteiger partial charge in [-0.05, 0) is 72.3 Å². The second kappa shape index (κ2) is 7.53. The van der Waals surface area contributed by atoms with Gasteiger partial charge in [0.2, 0.25) is 6.79 Å². The normalized spacial score (nSPS) is 13.0. The molecule has 6 nitrogen and oxygen atoms in total. The first-order valence-electron chi connectivity index (χ1n) is 8.23. The summed E-state index contributed by atoms with van der Waals surface area (Å²) in [6.07, 6.45) is 1.68. The molecular formula is C20H14ClNO5S. The van der Waals surface area contributed by atoms with E-state index < -0.39 is 10.1 Å². The van der Waals surface area contributed by atoms with Crippen LogP contribution in [0.3, 0.4) is 0 Å². The Balaban J connectivity index is 1.45. The van der Waals surface area contributed by atoms with Crippen LogP contribution in [-0.2, 0) is 10.1 Å². The maximum atomic E-state index is 12.3. The van der Waals surface area contributed by atoms with E-state index in [4.69, 9.17) is 25.3 Å². The van der Waals surface area contributed by atoms with Gasteiger partial charge in [0.25, 0.3) is 0 Å². The zero-order valence-corrected chi connectivity index (χ0v) is 16.0. The Kier molecular flexibility index (Phi) is 4.93. The standard InChI is InChI=1S/C20H14ClNO5S/c21-15-2-8-18(9-3-15)28(23,24)27-17-6-4-16(5-7-17)22-12-14-1-10-19-20(11-14)26-13-25-19/h1-12H,13H2. The van der Waals surface area contributed by atoms with Crippen LogP contribution >= 0.6 is 11.6 Å².